The molecular formula is C64H76O6. The van der Waals surface area contributed by atoms with E-state index in [0.29, 0.717) is 35.5 Å². The van der Waals surface area contributed by atoms with E-state index < -0.39 is 0 Å². The molecular weight excluding hydrogens is 865 g/mol. The fourth-order valence-corrected chi connectivity index (χ4v) is 13.8. The van der Waals surface area contributed by atoms with Crippen LogP contribution >= 0.6 is 0 Å². The van der Waals surface area contributed by atoms with Gasteiger partial charge < -0.3 is 30.6 Å². The maximum absolute atomic E-state index is 12.1. The van der Waals surface area contributed by atoms with Crippen molar-refractivity contribution in [3.05, 3.63) is 176 Å². The number of hydrogen-bond donors (Lipinski definition) is 6. The minimum absolute atomic E-state index is 0.130. The van der Waals surface area contributed by atoms with Crippen LogP contribution in [0.25, 0.3) is 0 Å². The van der Waals surface area contributed by atoms with Crippen LogP contribution in [-0.4, -0.2) is 30.6 Å². The Hall–Kier alpha value is -5.88. The van der Waals surface area contributed by atoms with Gasteiger partial charge in [-0.05, 0) is 203 Å². The molecule has 4 fully saturated rings. The van der Waals surface area contributed by atoms with Crippen molar-refractivity contribution in [1.29, 1.82) is 0 Å². The van der Waals surface area contributed by atoms with Gasteiger partial charge in [0, 0.05) is 23.0 Å². The zero-order chi connectivity index (χ0) is 49.8. The van der Waals surface area contributed by atoms with E-state index in [1.54, 1.807) is 24.3 Å². The van der Waals surface area contributed by atoms with E-state index in [4.69, 9.17) is 0 Å². The SMILES string of the molecule is CC(C)Cc1cc(C(c2ccc(O)c(CC(C)C)c2)c2cc(C34CC5CC(C3)CC(c3ccc(O)c(C(c6ccc(O)c(CC(C)C)c6)c6ccc(O)c(CC(C)C)c6)c3)(C5)C4)ccc2O)ccc1O. The number of phenolic OH excluding ortho intramolecular Hbond substituents is 6. The van der Waals surface area contributed by atoms with Crippen LogP contribution in [-0.2, 0) is 36.5 Å². The van der Waals surface area contributed by atoms with Crippen LogP contribution in [0.3, 0.4) is 0 Å². The first kappa shape index (κ1) is 49.1. The van der Waals surface area contributed by atoms with Crippen LogP contribution in [0.1, 0.15) is 173 Å². The molecule has 6 heteroatoms. The van der Waals surface area contributed by atoms with Crippen molar-refractivity contribution < 1.29 is 30.6 Å². The lowest BCUT2D eigenvalue weighted by Crippen LogP contribution is -2.56. The quantitative estimate of drug-likeness (QED) is 0.0538. The Kier molecular flexibility index (Phi) is 13.6. The Morgan fingerprint density at radius 3 is 0.914 bits per heavy atom. The molecule has 10 rings (SSSR count). The molecule has 0 heterocycles. The van der Waals surface area contributed by atoms with Gasteiger partial charge in [0.2, 0.25) is 0 Å². The van der Waals surface area contributed by atoms with E-state index in [1.165, 1.54) is 17.5 Å². The molecule has 6 nitrogen and oxygen atoms in total. The zero-order valence-corrected chi connectivity index (χ0v) is 42.8. The van der Waals surface area contributed by atoms with E-state index in [1.807, 2.05) is 36.4 Å². The predicted octanol–water partition coefficient (Wildman–Crippen LogP) is 14.9. The summed E-state index contributed by atoms with van der Waals surface area (Å²) in [5.41, 5.74) is 11.4. The van der Waals surface area contributed by atoms with Crippen LogP contribution in [0.2, 0.25) is 0 Å². The summed E-state index contributed by atoms with van der Waals surface area (Å²) in [6, 6.07) is 36.4. The van der Waals surface area contributed by atoms with Gasteiger partial charge in [0.1, 0.15) is 34.5 Å². The van der Waals surface area contributed by atoms with Gasteiger partial charge in [0.15, 0.2) is 0 Å². The van der Waals surface area contributed by atoms with Crippen LogP contribution in [0.5, 0.6) is 34.5 Å². The number of aromatic hydroxyl groups is 6. The maximum Gasteiger partial charge on any atom is 0.119 e. The third-order valence-electron chi connectivity index (χ3n) is 16.2. The number of rotatable bonds is 16. The largest absolute Gasteiger partial charge is 0.508 e. The van der Waals surface area contributed by atoms with Gasteiger partial charge in [-0.15, -0.1) is 0 Å². The highest BCUT2D eigenvalue weighted by atomic mass is 16.3. The molecule has 0 aliphatic heterocycles. The predicted molar refractivity (Wildman–Crippen MR) is 283 cm³/mol. The molecule has 6 aromatic carbocycles. The Morgan fingerprint density at radius 2 is 0.643 bits per heavy atom. The highest BCUT2D eigenvalue weighted by Gasteiger charge is 2.59. The van der Waals surface area contributed by atoms with Crippen LogP contribution in [0.4, 0.5) is 0 Å². The van der Waals surface area contributed by atoms with Crippen LogP contribution < -0.4 is 0 Å². The topological polar surface area (TPSA) is 121 Å². The molecule has 4 saturated carbocycles. The first-order valence-corrected chi connectivity index (χ1v) is 26.2. The fourth-order valence-electron chi connectivity index (χ4n) is 13.8. The van der Waals surface area contributed by atoms with E-state index in [2.05, 4.69) is 104 Å². The molecule has 6 N–H and O–H groups in total. The first-order valence-electron chi connectivity index (χ1n) is 26.2. The summed E-state index contributed by atoms with van der Waals surface area (Å²) in [4.78, 5) is 0. The van der Waals surface area contributed by atoms with Crippen molar-refractivity contribution in [3.63, 3.8) is 0 Å². The van der Waals surface area contributed by atoms with Crippen molar-refractivity contribution in [2.24, 2.45) is 35.5 Å². The van der Waals surface area contributed by atoms with E-state index in [9.17, 15) is 30.6 Å². The lowest BCUT2D eigenvalue weighted by atomic mass is 9.41. The monoisotopic (exact) mass is 941 g/mol. The second-order valence-electron chi connectivity index (χ2n) is 23.9. The Labute approximate surface area is 417 Å². The summed E-state index contributed by atoms with van der Waals surface area (Å²) in [5.74, 6) is 3.30. The van der Waals surface area contributed by atoms with Crippen molar-refractivity contribution in [1.82, 2.24) is 0 Å². The highest BCUT2D eigenvalue weighted by Crippen LogP contribution is 2.67. The molecule has 0 amide bonds. The van der Waals surface area contributed by atoms with Crippen molar-refractivity contribution in [3.8, 4) is 34.5 Å². The highest BCUT2D eigenvalue weighted by molar-refractivity contribution is 5.57. The minimum Gasteiger partial charge on any atom is -0.508 e. The van der Waals surface area contributed by atoms with Crippen LogP contribution in [0.15, 0.2) is 109 Å². The Bertz CT molecular complexity index is 2540. The van der Waals surface area contributed by atoms with Crippen molar-refractivity contribution in [2.45, 2.75) is 142 Å². The summed E-state index contributed by atoms with van der Waals surface area (Å²) < 4.78 is 0. The van der Waals surface area contributed by atoms with E-state index >= 15 is 0 Å². The lowest BCUT2D eigenvalue weighted by Gasteiger charge is -2.63. The second-order valence-corrected chi connectivity index (χ2v) is 23.9. The molecule has 0 radical (unpaired) electrons. The normalized spacial score (nSPS) is 20.8. The number of hydrogen-bond acceptors (Lipinski definition) is 6. The van der Waals surface area contributed by atoms with Crippen molar-refractivity contribution in [2.75, 3.05) is 0 Å². The fraction of sp³-hybridized carbons (Fsp3) is 0.438. The van der Waals surface area contributed by atoms with Gasteiger partial charge in [0.05, 0.1) is 0 Å². The molecule has 0 atom stereocenters. The summed E-state index contributed by atoms with van der Waals surface area (Å²) in [6.07, 6.45) is 9.41. The molecule has 4 aliphatic rings. The third kappa shape index (κ3) is 9.77. The van der Waals surface area contributed by atoms with Gasteiger partial charge in [0.25, 0.3) is 0 Å². The van der Waals surface area contributed by atoms with Gasteiger partial charge in [-0.25, -0.2) is 0 Å². The summed E-state index contributed by atoms with van der Waals surface area (Å²) in [7, 11) is 0. The lowest BCUT2D eigenvalue weighted by molar-refractivity contribution is -0.0282. The van der Waals surface area contributed by atoms with Gasteiger partial charge in [-0.2, -0.15) is 0 Å². The number of phenols is 6. The molecule has 368 valence electrons. The van der Waals surface area contributed by atoms with Crippen molar-refractivity contribution >= 4 is 0 Å². The summed E-state index contributed by atoms with van der Waals surface area (Å²) in [6.45, 7) is 17.3. The van der Waals surface area contributed by atoms with E-state index in [0.717, 1.165) is 113 Å². The Balaban J connectivity index is 1.16. The van der Waals surface area contributed by atoms with Gasteiger partial charge in [-0.3, -0.25) is 0 Å². The molecule has 0 aromatic heterocycles. The Morgan fingerprint density at radius 1 is 0.371 bits per heavy atom. The average Bonchev–Trinajstić information content (AvgIpc) is 3.28. The van der Waals surface area contributed by atoms with Crippen LogP contribution in [0, 0.1) is 35.5 Å². The smallest absolute Gasteiger partial charge is 0.119 e. The molecule has 4 bridgehead atoms. The zero-order valence-electron chi connectivity index (χ0n) is 42.8. The number of benzene rings is 6. The molecule has 0 saturated heterocycles. The average molecular weight is 941 g/mol. The standard InChI is InChI=1S/C64H76O6/c1-37(2)21-47-26-43(9-15-55(47)65)61(44-10-16-56(66)48(27-44)22-38(3)4)53-30-51(13-19-59(53)69)63-32-41-25-42(33-63)35-64(34-41,36-63)52-14-20-60(70)54(31-52)62(45-11-17-57(67)49(28-45)23-39(5)6)46-12-18-58(68)50(29-46)24-40(7)8/h9-20,26-31,37-42,61-62,65-70H,21-25,32-36H2,1-8H3. The second kappa shape index (κ2) is 19.4. The van der Waals surface area contributed by atoms with Gasteiger partial charge in [-0.1, -0.05) is 128 Å². The molecule has 4 aliphatic carbocycles. The third-order valence-corrected chi connectivity index (χ3v) is 16.2. The van der Waals surface area contributed by atoms with E-state index in [-0.39, 0.29) is 57.2 Å². The van der Waals surface area contributed by atoms with Gasteiger partial charge >= 0.3 is 0 Å². The summed E-state index contributed by atoms with van der Waals surface area (Å²) >= 11 is 0. The molecule has 6 aromatic rings. The molecule has 70 heavy (non-hydrogen) atoms. The first-order chi connectivity index (χ1) is 33.3. The maximum atomic E-state index is 12.1. The summed E-state index contributed by atoms with van der Waals surface area (Å²) in [5, 5.41) is 68.4. The molecule has 0 unspecified atom stereocenters. The minimum atomic E-state index is -0.348. The molecule has 0 spiro atoms.